The van der Waals surface area contributed by atoms with Crippen LogP contribution >= 0.6 is 18.9 Å². The molecule has 0 radical (unpaired) electrons. The highest BCUT2D eigenvalue weighted by Crippen LogP contribution is 2.38. The van der Waals surface area contributed by atoms with Crippen molar-refractivity contribution in [2.45, 2.75) is 13.3 Å². The molecule has 0 saturated heterocycles. The Kier molecular flexibility index (Phi) is 3.59. The van der Waals surface area contributed by atoms with E-state index < -0.39 is 13.9 Å². The van der Waals surface area contributed by atoms with Gasteiger partial charge in [-0.15, -0.1) is 0 Å². The number of hydrogen-bond donors (Lipinski definition) is 3. The number of nitrogens with zero attached hydrogens (tertiary/aromatic N) is 1. The fraction of sp³-hybridized carbons (Fsp3) is 0.300. The molecular weight excluding hydrogens is 275 g/mol. The molecule has 4 N–H and O–H groups in total. The van der Waals surface area contributed by atoms with Gasteiger partial charge in [0.15, 0.2) is 11.5 Å². The maximum absolute atomic E-state index is 10.8. The smallest absolute Gasteiger partial charge is 0.362 e. The molecular formula is C10H13N2O4PS. The predicted octanol–water partition coefficient (Wildman–Crippen LogP) is 1.95. The van der Waals surface area contributed by atoms with Gasteiger partial charge in [0, 0.05) is 0 Å². The summed E-state index contributed by atoms with van der Waals surface area (Å²) in [7, 11) is -4.20. The summed E-state index contributed by atoms with van der Waals surface area (Å²) in [6.45, 7) is 1.98. The van der Waals surface area contributed by atoms with E-state index in [9.17, 15) is 4.57 Å². The van der Waals surface area contributed by atoms with Gasteiger partial charge in [-0.1, -0.05) is 18.3 Å². The molecule has 98 valence electrons. The lowest BCUT2D eigenvalue weighted by molar-refractivity contribution is 0.302. The van der Waals surface area contributed by atoms with Crippen molar-refractivity contribution in [2.75, 3.05) is 12.1 Å². The number of hydrogen-bond acceptors (Lipinski definition) is 5. The lowest BCUT2D eigenvalue weighted by Crippen LogP contribution is -1.99. The Hall–Kier alpha value is -1.14. The van der Waals surface area contributed by atoms with E-state index in [0.29, 0.717) is 16.4 Å². The molecule has 0 atom stereocenters. The number of ether oxygens (including phenoxy) is 1. The lowest BCUT2D eigenvalue weighted by atomic mass is 10.1. The highest BCUT2D eigenvalue weighted by Gasteiger charge is 2.16. The van der Waals surface area contributed by atoms with Crippen molar-refractivity contribution in [3.05, 3.63) is 17.7 Å². The van der Waals surface area contributed by atoms with Crippen LogP contribution in [0.15, 0.2) is 12.1 Å². The first-order chi connectivity index (χ1) is 8.39. The summed E-state index contributed by atoms with van der Waals surface area (Å²) < 4.78 is 16.8. The minimum atomic E-state index is -4.20. The first-order valence-electron chi connectivity index (χ1n) is 5.25. The molecule has 1 aromatic carbocycles. The van der Waals surface area contributed by atoms with Gasteiger partial charge in [0.2, 0.25) is 0 Å². The highest BCUT2D eigenvalue weighted by atomic mass is 32.1. The summed E-state index contributed by atoms with van der Waals surface area (Å²) in [6, 6.07) is 3.69. The van der Waals surface area contributed by atoms with Crippen LogP contribution in [-0.4, -0.2) is 21.1 Å². The van der Waals surface area contributed by atoms with Gasteiger partial charge in [0.25, 0.3) is 0 Å². The summed E-state index contributed by atoms with van der Waals surface area (Å²) in [4.78, 5) is 21.8. The molecule has 0 bridgehead atoms. The molecule has 0 aliphatic rings. The molecule has 1 heterocycles. The van der Waals surface area contributed by atoms with Gasteiger partial charge >= 0.3 is 7.60 Å². The van der Waals surface area contributed by atoms with Crippen LogP contribution in [0.4, 0.5) is 5.13 Å². The number of nitrogens with two attached hydrogens (primary N) is 1. The average Bonchev–Trinajstić information content (AvgIpc) is 2.64. The second kappa shape index (κ2) is 4.85. The van der Waals surface area contributed by atoms with Gasteiger partial charge in [-0.05, 0) is 24.1 Å². The van der Waals surface area contributed by atoms with Gasteiger partial charge in [-0.25, -0.2) is 4.98 Å². The minimum absolute atomic E-state index is 0.362. The van der Waals surface area contributed by atoms with Crippen molar-refractivity contribution in [1.82, 2.24) is 4.98 Å². The van der Waals surface area contributed by atoms with Gasteiger partial charge < -0.3 is 20.3 Å². The molecule has 2 aromatic rings. The number of anilines is 1. The van der Waals surface area contributed by atoms with Crippen molar-refractivity contribution < 1.29 is 19.1 Å². The fourth-order valence-corrected chi connectivity index (χ4v) is 2.66. The third kappa shape index (κ3) is 3.00. The Morgan fingerprint density at radius 1 is 1.50 bits per heavy atom. The predicted molar refractivity (Wildman–Crippen MR) is 70.9 cm³/mol. The van der Waals surface area contributed by atoms with E-state index in [1.165, 1.54) is 11.3 Å². The molecule has 0 aliphatic heterocycles. The van der Waals surface area contributed by atoms with Crippen molar-refractivity contribution >= 4 is 34.3 Å². The molecule has 18 heavy (non-hydrogen) atoms. The fourth-order valence-electron chi connectivity index (χ4n) is 1.54. The second-order valence-electron chi connectivity index (χ2n) is 3.78. The van der Waals surface area contributed by atoms with E-state index in [4.69, 9.17) is 20.3 Å². The third-order valence-electron chi connectivity index (χ3n) is 2.33. The average molecular weight is 288 g/mol. The maximum atomic E-state index is 10.8. The molecule has 0 unspecified atom stereocenters. The Balaban J connectivity index is 2.43. The zero-order valence-corrected chi connectivity index (χ0v) is 11.4. The molecule has 0 saturated carbocycles. The van der Waals surface area contributed by atoms with Crippen LogP contribution in [0.1, 0.15) is 12.5 Å². The number of aromatic nitrogens is 1. The standard InChI is InChI=1S/C10H13N2O4PS/c1-2-6-3-7(16-5-17(13,14)15)9-8(4-6)18-10(11)12-9/h3-4H,2,5H2,1H3,(H2,11,12)(H2,13,14,15). The van der Waals surface area contributed by atoms with E-state index in [0.717, 1.165) is 16.7 Å². The number of fused-ring (bicyclic) bond motifs is 1. The molecule has 0 fully saturated rings. The van der Waals surface area contributed by atoms with Crippen LogP contribution in [0.2, 0.25) is 0 Å². The first-order valence-corrected chi connectivity index (χ1v) is 7.87. The number of rotatable bonds is 4. The summed E-state index contributed by atoms with van der Waals surface area (Å²) >= 11 is 1.32. The number of thiazole rings is 1. The van der Waals surface area contributed by atoms with Gasteiger partial charge in [0.05, 0.1) is 4.70 Å². The summed E-state index contributed by atoms with van der Waals surface area (Å²) in [5.74, 6) is 0.362. The number of nitrogen functional groups attached to an aromatic ring is 1. The van der Waals surface area contributed by atoms with Crippen LogP contribution in [-0.2, 0) is 11.0 Å². The lowest BCUT2D eigenvalue weighted by Gasteiger charge is -2.09. The normalized spacial score (nSPS) is 11.9. The molecule has 0 spiro atoms. The van der Waals surface area contributed by atoms with E-state index in [2.05, 4.69) is 4.98 Å². The summed E-state index contributed by atoms with van der Waals surface area (Å²) in [6.07, 6.45) is 0.132. The van der Waals surface area contributed by atoms with Crippen LogP contribution in [0.3, 0.4) is 0 Å². The Bertz CT molecular complexity index is 622. The molecule has 1 aromatic heterocycles. The molecule has 0 aliphatic carbocycles. The van der Waals surface area contributed by atoms with Gasteiger partial charge in [-0.3, -0.25) is 4.57 Å². The Morgan fingerprint density at radius 3 is 2.83 bits per heavy atom. The molecule has 2 rings (SSSR count). The minimum Gasteiger partial charge on any atom is -0.479 e. The molecule has 8 heteroatoms. The monoisotopic (exact) mass is 288 g/mol. The van der Waals surface area contributed by atoms with Crippen LogP contribution < -0.4 is 10.5 Å². The van der Waals surface area contributed by atoms with Crippen molar-refractivity contribution in [3.8, 4) is 5.75 Å². The Morgan fingerprint density at radius 2 is 2.22 bits per heavy atom. The molecule has 0 amide bonds. The second-order valence-corrected chi connectivity index (χ2v) is 6.43. The topological polar surface area (TPSA) is 106 Å². The van der Waals surface area contributed by atoms with Crippen LogP contribution in [0, 0.1) is 0 Å². The summed E-state index contributed by atoms with van der Waals surface area (Å²) in [5, 5.41) is 0.402. The number of benzene rings is 1. The van der Waals surface area contributed by atoms with Gasteiger partial charge in [-0.2, -0.15) is 0 Å². The van der Waals surface area contributed by atoms with Gasteiger partial charge in [0.1, 0.15) is 11.3 Å². The maximum Gasteiger partial charge on any atom is 0.362 e. The zero-order valence-electron chi connectivity index (χ0n) is 9.66. The van der Waals surface area contributed by atoms with E-state index in [1.807, 2.05) is 13.0 Å². The van der Waals surface area contributed by atoms with Crippen LogP contribution in [0.5, 0.6) is 5.75 Å². The van der Waals surface area contributed by atoms with Crippen molar-refractivity contribution in [1.29, 1.82) is 0 Å². The largest absolute Gasteiger partial charge is 0.479 e. The quantitative estimate of drug-likeness (QED) is 0.742. The zero-order chi connectivity index (χ0) is 13.3. The molecule has 6 nitrogen and oxygen atoms in total. The van der Waals surface area contributed by atoms with Crippen molar-refractivity contribution in [3.63, 3.8) is 0 Å². The van der Waals surface area contributed by atoms with Crippen LogP contribution in [0.25, 0.3) is 10.2 Å². The van der Waals surface area contributed by atoms with E-state index in [1.54, 1.807) is 6.07 Å². The third-order valence-corrected chi connectivity index (χ3v) is 3.63. The SMILES string of the molecule is CCc1cc(OCP(=O)(O)O)c2nc(N)sc2c1. The Labute approximate surface area is 108 Å². The summed E-state index contributed by atoms with van der Waals surface area (Å²) in [5.41, 5.74) is 7.18. The highest BCUT2D eigenvalue weighted by molar-refractivity contribution is 7.51. The van der Waals surface area contributed by atoms with Crippen molar-refractivity contribution in [2.24, 2.45) is 0 Å². The van der Waals surface area contributed by atoms with E-state index >= 15 is 0 Å². The number of aryl methyl sites for hydroxylation is 1. The first kappa shape index (κ1) is 13.3. The van der Waals surface area contributed by atoms with E-state index in [-0.39, 0.29) is 0 Å².